The topological polar surface area (TPSA) is 63.5 Å². The van der Waals surface area contributed by atoms with Crippen LogP contribution >= 0.6 is 11.6 Å². The third-order valence-electron chi connectivity index (χ3n) is 4.60. The molecular weight excluding hydrogens is 340 g/mol. The molecule has 1 saturated carbocycles. The van der Waals surface area contributed by atoms with Crippen molar-refractivity contribution in [2.24, 2.45) is 0 Å². The van der Waals surface area contributed by atoms with Crippen LogP contribution in [-0.2, 0) is 0 Å². The van der Waals surface area contributed by atoms with Gasteiger partial charge in [-0.05, 0) is 50.5 Å². The number of benzene rings is 2. The molecule has 5 nitrogen and oxygen atoms in total. The number of rotatable bonds is 5. The van der Waals surface area contributed by atoms with E-state index < -0.39 is 4.92 Å². The molecule has 2 aromatic carbocycles. The van der Waals surface area contributed by atoms with Crippen LogP contribution in [0.4, 0.5) is 5.69 Å². The van der Waals surface area contributed by atoms with Gasteiger partial charge >= 0.3 is 0 Å². The first-order chi connectivity index (χ1) is 11.9. The highest BCUT2D eigenvalue weighted by Crippen LogP contribution is 2.37. The quantitative estimate of drug-likeness (QED) is 0.562. The Morgan fingerprint density at radius 1 is 1.24 bits per heavy atom. The van der Waals surface area contributed by atoms with Crippen LogP contribution in [0.5, 0.6) is 0 Å². The highest BCUT2D eigenvalue weighted by molar-refractivity contribution is 6.30. The monoisotopic (exact) mass is 358 g/mol. The first-order valence-corrected chi connectivity index (χ1v) is 8.60. The lowest BCUT2D eigenvalue weighted by Gasteiger charge is -2.30. The van der Waals surface area contributed by atoms with Crippen molar-refractivity contribution in [1.82, 2.24) is 4.90 Å². The second-order valence-corrected chi connectivity index (χ2v) is 6.84. The van der Waals surface area contributed by atoms with Crippen molar-refractivity contribution in [2.75, 3.05) is 0 Å². The van der Waals surface area contributed by atoms with Crippen molar-refractivity contribution >= 4 is 23.2 Å². The zero-order valence-electron chi connectivity index (χ0n) is 14.1. The number of hydrogen-bond donors (Lipinski definition) is 0. The fourth-order valence-corrected chi connectivity index (χ4v) is 3.25. The first kappa shape index (κ1) is 17.4. The molecule has 0 heterocycles. The molecule has 130 valence electrons. The maximum absolute atomic E-state index is 13.2. The minimum Gasteiger partial charge on any atom is -0.329 e. The fraction of sp³-hybridized carbons (Fsp3) is 0.316. The third kappa shape index (κ3) is 3.51. The SMILES string of the molecule is Cc1cccc(C(=O)N(C2CC2)C(C)c2ccc(Cl)cc2)c1[N+](=O)[O-]. The highest BCUT2D eigenvalue weighted by atomic mass is 35.5. The van der Waals surface area contributed by atoms with Crippen LogP contribution in [0.1, 0.15) is 47.3 Å². The normalized spacial score (nSPS) is 14.8. The van der Waals surface area contributed by atoms with Gasteiger partial charge in [-0.1, -0.05) is 35.9 Å². The van der Waals surface area contributed by atoms with E-state index in [0.29, 0.717) is 10.6 Å². The van der Waals surface area contributed by atoms with E-state index in [9.17, 15) is 14.9 Å². The summed E-state index contributed by atoms with van der Waals surface area (Å²) in [5, 5.41) is 12.1. The van der Waals surface area contributed by atoms with Gasteiger partial charge < -0.3 is 4.90 Å². The zero-order valence-corrected chi connectivity index (χ0v) is 14.9. The van der Waals surface area contributed by atoms with Gasteiger partial charge in [-0.2, -0.15) is 0 Å². The average molecular weight is 359 g/mol. The lowest BCUT2D eigenvalue weighted by molar-refractivity contribution is -0.385. The Labute approximate surface area is 151 Å². The Morgan fingerprint density at radius 2 is 1.88 bits per heavy atom. The van der Waals surface area contributed by atoms with Crippen molar-refractivity contribution < 1.29 is 9.72 Å². The van der Waals surface area contributed by atoms with Gasteiger partial charge in [0.05, 0.1) is 11.0 Å². The minimum atomic E-state index is -0.472. The van der Waals surface area contributed by atoms with Crippen LogP contribution < -0.4 is 0 Å². The molecule has 0 aromatic heterocycles. The van der Waals surface area contributed by atoms with Crippen LogP contribution in [0.15, 0.2) is 42.5 Å². The summed E-state index contributed by atoms with van der Waals surface area (Å²) in [5.74, 6) is -0.291. The molecule has 1 atom stereocenters. The molecule has 0 spiro atoms. The number of carbonyl (C=O) groups is 1. The van der Waals surface area contributed by atoms with Crippen LogP contribution in [-0.4, -0.2) is 21.8 Å². The van der Waals surface area contributed by atoms with Crippen LogP contribution in [0.25, 0.3) is 0 Å². The number of halogens is 1. The van der Waals surface area contributed by atoms with E-state index in [1.165, 1.54) is 6.07 Å². The Kier molecular flexibility index (Phi) is 4.77. The predicted molar refractivity (Wildman–Crippen MR) is 96.9 cm³/mol. The largest absolute Gasteiger partial charge is 0.329 e. The summed E-state index contributed by atoms with van der Waals surface area (Å²) < 4.78 is 0. The van der Waals surface area contributed by atoms with Gasteiger partial charge in [-0.15, -0.1) is 0 Å². The number of carbonyl (C=O) groups excluding carboxylic acids is 1. The summed E-state index contributed by atoms with van der Waals surface area (Å²) in [6, 6.07) is 12.2. The highest BCUT2D eigenvalue weighted by Gasteiger charge is 2.39. The molecule has 1 fully saturated rings. The Bertz CT molecular complexity index is 816. The third-order valence-corrected chi connectivity index (χ3v) is 4.85. The van der Waals surface area contributed by atoms with Gasteiger partial charge in [0.25, 0.3) is 11.6 Å². The molecule has 25 heavy (non-hydrogen) atoms. The number of aryl methyl sites for hydroxylation is 1. The number of nitro groups is 1. The van der Waals surface area contributed by atoms with E-state index in [4.69, 9.17) is 11.6 Å². The molecule has 0 saturated heterocycles. The van der Waals surface area contributed by atoms with Gasteiger partial charge in [-0.3, -0.25) is 14.9 Å². The number of amides is 1. The maximum Gasteiger partial charge on any atom is 0.285 e. The van der Waals surface area contributed by atoms with Crippen LogP contribution in [0, 0.1) is 17.0 Å². The van der Waals surface area contributed by atoms with Gasteiger partial charge in [0.1, 0.15) is 5.56 Å². The average Bonchev–Trinajstić information content (AvgIpc) is 3.39. The van der Waals surface area contributed by atoms with Crippen molar-refractivity contribution in [3.8, 4) is 0 Å². The Morgan fingerprint density at radius 3 is 2.44 bits per heavy atom. The molecule has 0 aliphatic heterocycles. The van der Waals surface area contributed by atoms with Gasteiger partial charge in [0.2, 0.25) is 0 Å². The fourth-order valence-electron chi connectivity index (χ4n) is 3.13. The van der Waals surface area contributed by atoms with E-state index >= 15 is 0 Å². The molecule has 1 aliphatic rings. The van der Waals surface area contributed by atoms with Crippen LogP contribution in [0.2, 0.25) is 5.02 Å². The molecule has 3 rings (SSSR count). The van der Waals surface area contributed by atoms with E-state index in [1.807, 2.05) is 19.1 Å². The van der Waals surface area contributed by atoms with Crippen molar-refractivity contribution in [3.63, 3.8) is 0 Å². The van der Waals surface area contributed by atoms with Gasteiger partial charge in [0.15, 0.2) is 0 Å². The summed E-state index contributed by atoms with van der Waals surface area (Å²) in [5.41, 5.74) is 1.49. The summed E-state index contributed by atoms with van der Waals surface area (Å²) in [6.07, 6.45) is 1.84. The number of nitrogens with zero attached hydrogens (tertiary/aromatic N) is 2. The molecule has 0 N–H and O–H groups in total. The molecule has 1 unspecified atom stereocenters. The lowest BCUT2D eigenvalue weighted by Crippen LogP contribution is -2.36. The molecule has 0 radical (unpaired) electrons. The van der Waals surface area contributed by atoms with E-state index in [1.54, 1.807) is 36.1 Å². The summed E-state index contributed by atoms with van der Waals surface area (Å²) in [7, 11) is 0. The molecule has 0 bridgehead atoms. The first-order valence-electron chi connectivity index (χ1n) is 8.22. The predicted octanol–water partition coefficient (Wildman–Crippen LogP) is 4.92. The zero-order chi connectivity index (χ0) is 18.1. The van der Waals surface area contributed by atoms with Crippen molar-refractivity contribution in [3.05, 3.63) is 74.3 Å². The lowest BCUT2D eigenvalue weighted by atomic mass is 10.0. The number of para-hydroxylation sites is 1. The number of hydrogen-bond acceptors (Lipinski definition) is 3. The summed E-state index contributed by atoms with van der Waals surface area (Å²) >= 11 is 5.95. The Hall–Kier alpha value is -2.40. The minimum absolute atomic E-state index is 0.110. The van der Waals surface area contributed by atoms with Crippen molar-refractivity contribution in [2.45, 2.75) is 38.8 Å². The number of nitro benzene ring substituents is 1. The maximum atomic E-state index is 13.2. The molecule has 2 aromatic rings. The molecule has 1 aliphatic carbocycles. The summed E-state index contributed by atoms with van der Waals surface area (Å²) in [4.78, 5) is 25.9. The molecular formula is C19H19ClN2O3. The van der Waals surface area contributed by atoms with Crippen molar-refractivity contribution in [1.29, 1.82) is 0 Å². The Balaban J connectivity index is 1.99. The molecule has 6 heteroatoms. The van der Waals surface area contributed by atoms with Gasteiger partial charge in [-0.25, -0.2) is 0 Å². The standard InChI is InChI=1S/C19H19ClN2O3/c1-12-4-3-5-17(18(12)22(24)25)19(23)21(16-10-11-16)13(2)14-6-8-15(20)9-7-14/h3-9,13,16H,10-11H2,1-2H3. The second kappa shape index (κ2) is 6.84. The summed E-state index contributed by atoms with van der Waals surface area (Å²) in [6.45, 7) is 3.60. The van der Waals surface area contributed by atoms with Gasteiger partial charge in [0, 0.05) is 16.6 Å². The van der Waals surface area contributed by atoms with E-state index in [2.05, 4.69) is 0 Å². The smallest absolute Gasteiger partial charge is 0.285 e. The molecule has 1 amide bonds. The second-order valence-electron chi connectivity index (χ2n) is 6.40. The van der Waals surface area contributed by atoms with Crippen LogP contribution in [0.3, 0.4) is 0 Å². The van der Waals surface area contributed by atoms with E-state index in [-0.39, 0.29) is 29.2 Å². The van der Waals surface area contributed by atoms with E-state index in [0.717, 1.165) is 18.4 Å².